The van der Waals surface area contributed by atoms with Crippen LogP contribution in [0.4, 0.5) is 0 Å². The van der Waals surface area contributed by atoms with Crippen LogP contribution in [-0.4, -0.2) is 10.9 Å². The van der Waals surface area contributed by atoms with Gasteiger partial charge in [-0.3, -0.25) is 4.79 Å². The predicted octanol–water partition coefficient (Wildman–Crippen LogP) is 2.99. The number of carbonyl (C=O) groups excluding carboxylic acids is 1. The summed E-state index contributed by atoms with van der Waals surface area (Å²) in [4.78, 5) is 15.8. The first-order chi connectivity index (χ1) is 7.66. The minimum atomic E-state index is -0.242. The average molecular weight is 301 g/mol. The molecule has 0 bridgehead atoms. The summed E-state index contributed by atoms with van der Waals surface area (Å²) in [6.45, 7) is 1.88. The lowest BCUT2D eigenvalue weighted by molar-refractivity contribution is 0.0910. The van der Waals surface area contributed by atoms with Crippen LogP contribution in [0.2, 0.25) is 0 Å². The van der Waals surface area contributed by atoms with E-state index in [0.29, 0.717) is 4.67 Å². The first kappa shape index (κ1) is 11.3. The topological polar surface area (TPSA) is 55.1 Å². The maximum absolute atomic E-state index is 11.7. The summed E-state index contributed by atoms with van der Waals surface area (Å²) < 4.78 is 5.69. The van der Waals surface area contributed by atoms with E-state index in [9.17, 15) is 4.79 Å². The number of hydrogen-bond donors (Lipinski definition) is 1. The Hall–Kier alpha value is -1.14. The van der Waals surface area contributed by atoms with Crippen LogP contribution in [0.25, 0.3) is 0 Å². The predicted molar refractivity (Wildman–Crippen MR) is 64.4 cm³/mol. The third kappa shape index (κ3) is 2.51. The Morgan fingerprint density at radius 2 is 2.44 bits per heavy atom. The van der Waals surface area contributed by atoms with E-state index in [0.717, 1.165) is 5.01 Å². The lowest BCUT2D eigenvalue weighted by Crippen LogP contribution is -2.26. The zero-order valence-electron chi connectivity index (χ0n) is 8.44. The van der Waals surface area contributed by atoms with Crippen LogP contribution in [0.5, 0.6) is 0 Å². The molecule has 1 unspecified atom stereocenters. The monoisotopic (exact) mass is 300 g/mol. The van der Waals surface area contributed by atoms with Crippen LogP contribution in [-0.2, 0) is 0 Å². The van der Waals surface area contributed by atoms with E-state index >= 15 is 0 Å². The van der Waals surface area contributed by atoms with Crippen molar-refractivity contribution < 1.29 is 9.21 Å². The third-order valence-corrected chi connectivity index (χ3v) is 3.35. The van der Waals surface area contributed by atoms with Gasteiger partial charge in [-0.1, -0.05) is 0 Å². The first-order valence-corrected chi connectivity index (χ1v) is 6.29. The Kier molecular flexibility index (Phi) is 3.40. The van der Waals surface area contributed by atoms with Crippen molar-refractivity contribution in [2.75, 3.05) is 0 Å². The summed E-state index contributed by atoms with van der Waals surface area (Å²) in [5.41, 5.74) is 0. The van der Waals surface area contributed by atoms with Crippen molar-refractivity contribution in [1.29, 1.82) is 0 Å². The van der Waals surface area contributed by atoms with Crippen LogP contribution in [0.1, 0.15) is 28.5 Å². The Bertz CT molecular complexity index is 481. The Balaban J connectivity index is 2.03. The minimum Gasteiger partial charge on any atom is -0.444 e. The zero-order valence-corrected chi connectivity index (χ0v) is 10.8. The molecule has 6 heteroatoms. The molecule has 0 aromatic carbocycles. The fourth-order valence-corrected chi connectivity index (χ4v) is 2.17. The highest BCUT2D eigenvalue weighted by molar-refractivity contribution is 9.10. The molecule has 0 saturated heterocycles. The van der Waals surface area contributed by atoms with E-state index in [1.807, 2.05) is 12.3 Å². The Morgan fingerprint density at radius 1 is 1.62 bits per heavy atom. The zero-order chi connectivity index (χ0) is 11.5. The Morgan fingerprint density at radius 3 is 3.00 bits per heavy atom. The summed E-state index contributed by atoms with van der Waals surface area (Å²) in [7, 11) is 0. The number of furan rings is 1. The first-order valence-electron chi connectivity index (χ1n) is 4.62. The van der Waals surface area contributed by atoms with Gasteiger partial charge in [0, 0.05) is 11.6 Å². The van der Waals surface area contributed by atoms with E-state index in [1.54, 1.807) is 18.3 Å². The lowest BCUT2D eigenvalue weighted by atomic mass is 10.3. The SMILES string of the molecule is CC(NC(=O)c1ccc(Br)o1)c1nccs1. The van der Waals surface area contributed by atoms with Gasteiger partial charge >= 0.3 is 0 Å². The van der Waals surface area contributed by atoms with Crippen LogP contribution in [0.15, 0.2) is 32.8 Å². The minimum absolute atomic E-state index is 0.114. The molecule has 2 rings (SSSR count). The van der Waals surface area contributed by atoms with Gasteiger partial charge in [-0.05, 0) is 35.0 Å². The summed E-state index contributed by atoms with van der Waals surface area (Å²) >= 11 is 4.66. The highest BCUT2D eigenvalue weighted by Crippen LogP contribution is 2.17. The molecule has 0 aliphatic heterocycles. The molecule has 0 spiro atoms. The van der Waals surface area contributed by atoms with Crippen molar-refractivity contribution >= 4 is 33.2 Å². The molecule has 2 aromatic heterocycles. The molecule has 1 atom stereocenters. The highest BCUT2D eigenvalue weighted by Gasteiger charge is 2.15. The third-order valence-electron chi connectivity index (χ3n) is 1.97. The van der Waals surface area contributed by atoms with Gasteiger partial charge in [0.15, 0.2) is 10.4 Å². The molecule has 0 aliphatic carbocycles. The van der Waals surface area contributed by atoms with E-state index in [2.05, 4.69) is 26.2 Å². The molecule has 0 fully saturated rings. The molecule has 0 saturated carbocycles. The summed E-state index contributed by atoms with van der Waals surface area (Å²) in [5, 5.41) is 5.56. The molecule has 2 aromatic rings. The number of nitrogens with one attached hydrogen (secondary N) is 1. The molecular weight excluding hydrogens is 292 g/mol. The fraction of sp³-hybridized carbons (Fsp3) is 0.200. The van der Waals surface area contributed by atoms with Gasteiger partial charge in [0.1, 0.15) is 5.01 Å². The van der Waals surface area contributed by atoms with Gasteiger partial charge in [0.25, 0.3) is 5.91 Å². The van der Waals surface area contributed by atoms with E-state index in [4.69, 9.17) is 4.42 Å². The van der Waals surface area contributed by atoms with Gasteiger partial charge in [-0.2, -0.15) is 0 Å². The second-order valence-electron chi connectivity index (χ2n) is 3.17. The average Bonchev–Trinajstić information content (AvgIpc) is 2.87. The standard InChI is InChI=1S/C10H9BrN2O2S/c1-6(10-12-4-5-16-10)13-9(14)7-2-3-8(11)15-7/h2-6H,1H3,(H,13,14). The van der Waals surface area contributed by atoms with Gasteiger partial charge in [-0.15, -0.1) is 11.3 Å². The van der Waals surface area contributed by atoms with Crippen LogP contribution in [0.3, 0.4) is 0 Å². The number of amides is 1. The number of halogens is 1. The van der Waals surface area contributed by atoms with Crippen molar-refractivity contribution in [3.63, 3.8) is 0 Å². The Labute approximate surface area is 105 Å². The van der Waals surface area contributed by atoms with Gasteiger partial charge < -0.3 is 9.73 Å². The second kappa shape index (κ2) is 4.80. The van der Waals surface area contributed by atoms with Crippen molar-refractivity contribution in [3.8, 4) is 0 Å². The smallest absolute Gasteiger partial charge is 0.287 e. The van der Waals surface area contributed by atoms with Crippen molar-refractivity contribution in [3.05, 3.63) is 39.1 Å². The molecule has 1 N–H and O–H groups in total. The fourth-order valence-electron chi connectivity index (χ4n) is 1.21. The number of aromatic nitrogens is 1. The number of thiazole rings is 1. The van der Waals surface area contributed by atoms with Crippen LogP contribution >= 0.6 is 27.3 Å². The normalized spacial score (nSPS) is 12.4. The molecule has 0 aliphatic rings. The summed E-state index contributed by atoms with van der Waals surface area (Å²) in [5.74, 6) is 0.0451. The highest BCUT2D eigenvalue weighted by atomic mass is 79.9. The number of carbonyl (C=O) groups is 1. The molecule has 4 nitrogen and oxygen atoms in total. The van der Waals surface area contributed by atoms with Gasteiger partial charge in [0.05, 0.1) is 6.04 Å². The van der Waals surface area contributed by atoms with Crippen LogP contribution < -0.4 is 5.32 Å². The number of nitrogens with zero attached hydrogens (tertiary/aromatic N) is 1. The van der Waals surface area contributed by atoms with E-state index < -0.39 is 0 Å². The lowest BCUT2D eigenvalue weighted by Gasteiger charge is -2.09. The molecule has 0 radical (unpaired) electrons. The van der Waals surface area contributed by atoms with Crippen molar-refractivity contribution in [2.24, 2.45) is 0 Å². The molecule has 1 amide bonds. The van der Waals surface area contributed by atoms with Gasteiger partial charge in [0.2, 0.25) is 0 Å². The van der Waals surface area contributed by atoms with Gasteiger partial charge in [-0.25, -0.2) is 4.98 Å². The molecular formula is C10H9BrN2O2S. The summed E-state index contributed by atoms with van der Waals surface area (Å²) in [6, 6.07) is 3.19. The van der Waals surface area contributed by atoms with Crippen LogP contribution in [0, 0.1) is 0 Å². The largest absolute Gasteiger partial charge is 0.444 e. The van der Waals surface area contributed by atoms with Crippen molar-refractivity contribution in [2.45, 2.75) is 13.0 Å². The second-order valence-corrected chi connectivity index (χ2v) is 4.88. The van der Waals surface area contributed by atoms with E-state index in [-0.39, 0.29) is 17.7 Å². The number of hydrogen-bond acceptors (Lipinski definition) is 4. The molecule has 16 heavy (non-hydrogen) atoms. The molecule has 84 valence electrons. The molecule has 2 heterocycles. The van der Waals surface area contributed by atoms with E-state index in [1.165, 1.54) is 11.3 Å². The maximum Gasteiger partial charge on any atom is 0.287 e. The summed E-state index contributed by atoms with van der Waals surface area (Å²) in [6.07, 6.45) is 1.71. The maximum atomic E-state index is 11.7. The number of rotatable bonds is 3. The van der Waals surface area contributed by atoms with Crippen molar-refractivity contribution in [1.82, 2.24) is 10.3 Å². The quantitative estimate of drug-likeness (QED) is 0.948.